The molecule has 2 aromatic heterocycles. The van der Waals surface area contributed by atoms with Gasteiger partial charge >= 0.3 is 0 Å². The number of hydrogen-bond acceptors (Lipinski definition) is 5. The molecule has 0 spiro atoms. The Balaban J connectivity index is 2.26. The number of rotatable bonds is 6. The maximum Gasteiger partial charge on any atom is 0.259 e. The third-order valence-electron chi connectivity index (χ3n) is 4.21. The van der Waals surface area contributed by atoms with Crippen molar-refractivity contribution in [3.05, 3.63) is 26.6 Å². The van der Waals surface area contributed by atoms with Gasteiger partial charge in [-0.2, -0.15) is 0 Å². The minimum Gasteiger partial charge on any atom is -0.396 e. The number of aliphatic hydroxyl groups excluding tert-OH is 1. The molecule has 0 aliphatic heterocycles. The molecule has 2 rings (SSSR count). The SMILES string of the molecule is CCC(C)(CCO)NCc1nc2sc(C)c(C)c2c(=O)[nH]1. The second kappa shape index (κ2) is 6.25. The zero-order chi connectivity index (χ0) is 15.6. The fourth-order valence-electron chi connectivity index (χ4n) is 2.32. The molecule has 0 aliphatic carbocycles. The summed E-state index contributed by atoms with van der Waals surface area (Å²) in [5.74, 6) is 0.645. The van der Waals surface area contributed by atoms with E-state index in [1.165, 1.54) is 0 Å². The highest BCUT2D eigenvalue weighted by Gasteiger charge is 2.21. The van der Waals surface area contributed by atoms with Crippen molar-refractivity contribution in [2.75, 3.05) is 6.61 Å². The van der Waals surface area contributed by atoms with E-state index in [2.05, 4.69) is 29.1 Å². The molecule has 0 fully saturated rings. The molecule has 0 amide bonds. The van der Waals surface area contributed by atoms with Gasteiger partial charge in [0.1, 0.15) is 10.7 Å². The van der Waals surface area contributed by atoms with E-state index in [0.717, 1.165) is 21.7 Å². The normalized spacial score (nSPS) is 14.5. The van der Waals surface area contributed by atoms with Crippen molar-refractivity contribution in [1.82, 2.24) is 15.3 Å². The van der Waals surface area contributed by atoms with Crippen LogP contribution in [0.2, 0.25) is 0 Å². The maximum atomic E-state index is 12.2. The van der Waals surface area contributed by atoms with Gasteiger partial charge in [0.15, 0.2) is 0 Å². The molecule has 2 aromatic rings. The number of aromatic amines is 1. The van der Waals surface area contributed by atoms with E-state index < -0.39 is 0 Å². The van der Waals surface area contributed by atoms with Crippen molar-refractivity contribution in [3.8, 4) is 0 Å². The van der Waals surface area contributed by atoms with Crippen LogP contribution in [0.4, 0.5) is 0 Å². The number of aliphatic hydroxyl groups is 1. The molecule has 0 saturated carbocycles. The Bertz CT molecular complexity index is 692. The van der Waals surface area contributed by atoms with Crippen LogP contribution >= 0.6 is 11.3 Å². The van der Waals surface area contributed by atoms with E-state index in [-0.39, 0.29) is 17.7 Å². The van der Waals surface area contributed by atoms with Gasteiger partial charge in [0.05, 0.1) is 11.9 Å². The molecule has 1 atom stereocenters. The molecule has 0 radical (unpaired) electrons. The van der Waals surface area contributed by atoms with E-state index >= 15 is 0 Å². The van der Waals surface area contributed by atoms with E-state index in [4.69, 9.17) is 5.11 Å². The van der Waals surface area contributed by atoms with Gasteiger partial charge in [0.2, 0.25) is 0 Å². The van der Waals surface area contributed by atoms with Crippen molar-refractivity contribution in [3.63, 3.8) is 0 Å². The van der Waals surface area contributed by atoms with E-state index in [1.807, 2.05) is 13.8 Å². The number of hydrogen-bond donors (Lipinski definition) is 3. The molecule has 0 aromatic carbocycles. The van der Waals surface area contributed by atoms with E-state index in [9.17, 15) is 4.79 Å². The fourth-order valence-corrected chi connectivity index (χ4v) is 3.37. The molecule has 0 bridgehead atoms. The molecule has 1 unspecified atom stereocenters. The minimum absolute atomic E-state index is 0.0704. The number of fused-ring (bicyclic) bond motifs is 1. The highest BCUT2D eigenvalue weighted by atomic mass is 32.1. The van der Waals surface area contributed by atoms with Gasteiger partial charge in [-0.15, -0.1) is 11.3 Å². The molecule has 0 saturated heterocycles. The topological polar surface area (TPSA) is 78.0 Å². The predicted molar refractivity (Wildman–Crippen MR) is 87.0 cm³/mol. The van der Waals surface area contributed by atoms with E-state index in [1.54, 1.807) is 11.3 Å². The Morgan fingerprint density at radius 3 is 2.76 bits per heavy atom. The van der Waals surface area contributed by atoms with Crippen molar-refractivity contribution in [1.29, 1.82) is 0 Å². The molecule has 3 N–H and O–H groups in total. The zero-order valence-corrected chi connectivity index (χ0v) is 13.9. The highest BCUT2D eigenvalue weighted by Crippen LogP contribution is 2.25. The molecular weight excluding hydrogens is 286 g/mol. The highest BCUT2D eigenvalue weighted by molar-refractivity contribution is 7.18. The van der Waals surface area contributed by atoms with Gasteiger partial charge in [0, 0.05) is 17.0 Å². The molecule has 5 nitrogen and oxygen atoms in total. The summed E-state index contributed by atoms with van der Waals surface area (Å²) < 4.78 is 0. The summed E-state index contributed by atoms with van der Waals surface area (Å²) in [6.07, 6.45) is 1.57. The van der Waals surface area contributed by atoms with E-state index in [0.29, 0.717) is 24.2 Å². The van der Waals surface area contributed by atoms with Crippen LogP contribution in [0.1, 0.15) is 43.0 Å². The average molecular weight is 309 g/mol. The van der Waals surface area contributed by atoms with Crippen molar-refractivity contribution < 1.29 is 5.11 Å². The number of H-pyrrole nitrogens is 1. The third kappa shape index (κ3) is 3.33. The number of nitrogens with zero attached hydrogens (tertiary/aromatic N) is 1. The van der Waals surface area contributed by atoms with Crippen molar-refractivity contribution in [2.24, 2.45) is 0 Å². The van der Waals surface area contributed by atoms with Crippen LogP contribution in [0, 0.1) is 13.8 Å². The lowest BCUT2D eigenvalue weighted by atomic mass is 9.95. The van der Waals surface area contributed by atoms with Gasteiger partial charge in [-0.25, -0.2) is 4.98 Å². The minimum atomic E-state index is -0.149. The van der Waals surface area contributed by atoms with Crippen LogP contribution < -0.4 is 10.9 Å². The van der Waals surface area contributed by atoms with Crippen LogP contribution in [0.3, 0.4) is 0 Å². The summed E-state index contributed by atoms with van der Waals surface area (Å²) in [4.78, 5) is 21.5. The zero-order valence-electron chi connectivity index (χ0n) is 13.0. The number of thiophene rings is 1. The molecular formula is C15H23N3O2S. The van der Waals surface area contributed by atoms with Crippen LogP contribution in [0.5, 0.6) is 0 Å². The maximum absolute atomic E-state index is 12.2. The Hall–Kier alpha value is -1.24. The second-order valence-corrected chi connectivity index (χ2v) is 6.92. The Kier molecular flexibility index (Phi) is 4.81. The first-order chi connectivity index (χ1) is 9.90. The lowest BCUT2D eigenvalue weighted by molar-refractivity contribution is 0.213. The van der Waals surface area contributed by atoms with Gasteiger partial charge in [0.25, 0.3) is 5.56 Å². The first kappa shape index (κ1) is 16.1. The molecule has 6 heteroatoms. The smallest absolute Gasteiger partial charge is 0.259 e. The molecule has 2 heterocycles. The number of aromatic nitrogens is 2. The van der Waals surface area contributed by atoms with Gasteiger partial charge in [-0.05, 0) is 39.2 Å². The summed E-state index contributed by atoms with van der Waals surface area (Å²) in [7, 11) is 0. The van der Waals surface area contributed by atoms with Crippen LogP contribution in [0.25, 0.3) is 10.2 Å². The Labute approximate surface area is 128 Å². The lowest BCUT2D eigenvalue weighted by Crippen LogP contribution is -2.42. The monoisotopic (exact) mass is 309 g/mol. The first-order valence-corrected chi connectivity index (χ1v) is 8.06. The van der Waals surface area contributed by atoms with Crippen LogP contribution in [-0.2, 0) is 6.54 Å². The summed E-state index contributed by atoms with van der Waals surface area (Å²) in [6.45, 7) is 8.75. The molecule has 116 valence electrons. The summed E-state index contributed by atoms with van der Waals surface area (Å²) in [5.41, 5.74) is 0.796. The Morgan fingerprint density at radius 2 is 2.14 bits per heavy atom. The van der Waals surface area contributed by atoms with Crippen molar-refractivity contribution in [2.45, 2.75) is 52.6 Å². The number of aryl methyl sites for hydroxylation is 2. The standard InChI is InChI=1S/C15H23N3O2S/c1-5-15(4,6-7-19)16-8-11-17-13(20)12-9(2)10(3)21-14(12)18-11/h16,19H,5-8H2,1-4H3,(H,17,18,20). The van der Waals surface area contributed by atoms with Gasteiger partial charge in [-0.3, -0.25) is 4.79 Å². The molecule has 0 aliphatic rings. The van der Waals surface area contributed by atoms with Gasteiger partial charge in [-0.1, -0.05) is 6.92 Å². The summed E-state index contributed by atoms with van der Waals surface area (Å²) in [6, 6.07) is 0. The molecule has 21 heavy (non-hydrogen) atoms. The third-order valence-corrected chi connectivity index (χ3v) is 5.32. The second-order valence-electron chi connectivity index (χ2n) is 5.72. The summed E-state index contributed by atoms with van der Waals surface area (Å²) in [5, 5.41) is 13.2. The van der Waals surface area contributed by atoms with Crippen LogP contribution in [-0.4, -0.2) is 27.2 Å². The summed E-state index contributed by atoms with van der Waals surface area (Å²) >= 11 is 1.56. The lowest BCUT2D eigenvalue weighted by Gasteiger charge is -2.28. The van der Waals surface area contributed by atoms with Gasteiger partial charge < -0.3 is 15.4 Å². The Morgan fingerprint density at radius 1 is 1.43 bits per heavy atom. The first-order valence-electron chi connectivity index (χ1n) is 7.25. The quantitative estimate of drug-likeness (QED) is 0.765. The van der Waals surface area contributed by atoms with Crippen molar-refractivity contribution >= 4 is 21.6 Å². The largest absolute Gasteiger partial charge is 0.396 e. The fraction of sp³-hybridized carbons (Fsp3) is 0.600. The average Bonchev–Trinajstić information content (AvgIpc) is 2.72. The predicted octanol–water partition coefficient (Wildman–Crippen LogP) is 2.24. The van der Waals surface area contributed by atoms with Crippen LogP contribution in [0.15, 0.2) is 4.79 Å². The number of nitrogens with one attached hydrogen (secondary N) is 2.